The minimum Gasteiger partial charge on any atom is -0.396 e. The molecule has 2 aromatic heterocycles. The fourth-order valence-electron chi connectivity index (χ4n) is 3.64. The maximum atomic E-state index is 12.7. The molecule has 0 unspecified atom stereocenters. The van der Waals surface area contributed by atoms with E-state index in [1.807, 2.05) is 17.8 Å². The van der Waals surface area contributed by atoms with Crippen molar-refractivity contribution in [1.29, 1.82) is 0 Å². The van der Waals surface area contributed by atoms with Crippen molar-refractivity contribution < 1.29 is 9.90 Å². The summed E-state index contributed by atoms with van der Waals surface area (Å²) in [5.74, 6) is 0.495. The summed E-state index contributed by atoms with van der Waals surface area (Å²) >= 11 is 1.50. The number of aryl methyl sites for hydroxylation is 1. The Bertz CT molecular complexity index is 719. The second kappa shape index (κ2) is 7.23. The molecule has 1 amide bonds. The molecule has 132 valence electrons. The molecule has 1 aliphatic carbocycles. The van der Waals surface area contributed by atoms with Crippen molar-refractivity contribution in [3.05, 3.63) is 16.6 Å². The number of thiophene rings is 1. The number of fused-ring (bicyclic) bond motifs is 1. The number of carbonyl (C=O) groups is 1. The van der Waals surface area contributed by atoms with Crippen LogP contribution in [0.4, 0.5) is 0 Å². The molecule has 0 spiro atoms. The molecular formula is C18H27N3O2S. The van der Waals surface area contributed by atoms with Crippen molar-refractivity contribution in [3.8, 4) is 0 Å². The van der Waals surface area contributed by atoms with E-state index in [0.29, 0.717) is 5.92 Å². The largest absolute Gasteiger partial charge is 0.396 e. The van der Waals surface area contributed by atoms with E-state index in [4.69, 9.17) is 0 Å². The first kappa shape index (κ1) is 17.4. The van der Waals surface area contributed by atoms with Crippen molar-refractivity contribution in [2.24, 2.45) is 13.0 Å². The van der Waals surface area contributed by atoms with Gasteiger partial charge in [-0.3, -0.25) is 9.48 Å². The summed E-state index contributed by atoms with van der Waals surface area (Å²) in [6, 6.07) is 2.06. The molecule has 3 rings (SSSR count). The van der Waals surface area contributed by atoms with Crippen molar-refractivity contribution in [2.75, 3.05) is 6.61 Å². The predicted octanol–water partition coefficient (Wildman–Crippen LogP) is 3.43. The highest BCUT2D eigenvalue weighted by Crippen LogP contribution is 2.32. The van der Waals surface area contributed by atoms with Crippen LogP contribution in [-0.4, -0.2) is 33.4 Å². The monoisotopic (exact) mass is 349 g/mol. The molecule has 5 nitrogen and oxygen atoms in total. The van der Waals surface area contributed by atoms with Crippen molar-refractivity contribution >= 4 is 27.5 Å². The van der Waals surface area contributed by atoms with Gasteiger partial charge in [-0.1, -0.05) is 33.1 Å². The smallest absolute Gasteiger partial charge is 0.261 e. The van der Waals surface area contributed by atoms with Gasteiger partial charge in [0.15, 0.2) is 0 Å². The quantitative estimate of drug-likeness (QED) is 0.831. The lowest BCUT2D eigenvalue weighted by Gasteiger charge is -2.24. The number of nitrogens with one attached hydrogen (secondary N) is 1. The van der Waals surface area contributed by atoms with Crippen LogP contribution in [0.15, 0.2) is 6.07 Å². The molecule has 1 fully saturated rings. The first-order valence-corrected chi connectivity index (χ1v) is 9.71. The lowest BCUT2D eigenvalue weighted by atomic mass is 9.95. The van der Waals surface area contributed by atoms with Crippen LogP contribution < -0.4 is 5.32 Å². The highest BCUT2D eigenvalue weighted by molar-refractivity contribution is 7.20. The Morgan fingerprint density at radius 2 is 2.17 bits per heavy atom. The molecule has 0 bridgehead atoms. The van der Waals surface area contributed by atoms with Crippen molar-refractivity contribution in [2.45, 2.75) is 57.9 Å². The minimum absolute atomic E-state index is 0.0174. The van der Waals surface area contributed by atoms with E-state index in [2.05, 4.69) is 24.3 Å². The van der Waals surface area contributed by atoms with Gasteiger partial charge in [0.25, 0.3) is 5.91 Å². The lowest BCUT2D eigenvalue weighted by molar-refractivity contribution is 0.0903. The van der Waals surface area contributed by atoms with Gasteiger partial charge in [-0.2, -0.15) is 5.10 Å². The SMILES string of the molecule is CC(C)c1nn(C)c2sc(C(=O)N[C@H]3CCCCC[C@H]3CO)cc12. The van der Waals surface area contributed by atoms with Crippen LogP contribution in [0.5, 0.6) is 0 Å². The molecular weight excluding hydrogens is 322 g/mol. The zero-order valence-electron chi connectivity index (χ0n) is 14.7. The zero-order chi connectivity index (χ0) is 17.3. The Hall–Kier alpha value is -1.40. The van der Waals surface area contributed by atoms with E-state index in [1.54, 1.807) is 0 Å². The van der Waals surface area contributed by atoms with Crippen molar-refractivity contribution in [1.82, 2.24) is 15.1 Å². The first-order valence-electron chi connectivity index (χ1n) is 8.89. The summed E-state index contributed by atoms with van der Waals surface area (Å²) in [6.07, 6.45) is 5.41. The van der Waals surface area contributed by atoms with E-state index in [9.17, 15) is 9.90 Å². The van der Waals surface area contributed by atoms with Crippen LogP contribution in [0.2, 0.25) is 0 Å². The molecule has 1 saturated carbocycles. The topological polar surface area (TPSA) is 67.2 Å². The number of amides is 1. The molecule has 1 aliphatic rings. The van der Waals surface area contributed by atoms with Crippen LogP contribution in [0.25, 0.3) is 10.2 Å². The normalized spacial score (nSPS) is 22.0. The molecule has 0 aromatic carbocycles. The second-order valence-electron chi connectivity index (χ2n) is 7.15. The fraction of sp³-hybridized carbons (Fsp3) is 0.667. The number of carbonyl (C=O) groups excluding carboxylic acids is 1. The lowest BCUT2D eigenvalue weighted by Crippen LogP contribution is -2.40. The average Bonchev–Trinajstić information content (AvgIpc) is 3.02. The average molecular weight is 350 g/mol. The van der Waals surface area contributed by atoms with Crippen molar-refractivity contribution in [3.63, 3.8) is 0 Å². The van der Waals surface area contributed by atoms with E-state index >= 15 is 0 Å². The third-order valence-electron chi connectivity index (χ3n) is 5.02. The number of hydrogen-bond acceptors (Lipinski definition) is 4. The van der Waals surface area contributed by atoms with Gasteiger partial charge in [0, 0.05) is 31.0 Å². The Balaban J connectivity index is 1.82. The number of nitrogens with zero attached hydrogens (tertiary/aromatic N) is 2. The van der Waals surface area contributed by atoms with Crippen LogP contribution in [0, 0.1) is 5.92 Å². The molecule has 0 saturated heterocycles. The maximum Gasteiger partial charge on any atom is 0.261 e. The number of aliphatic hydroxyl groups is 1. The highest BCUT2D eigenvalue weighted by Gasteiger charge is 2.26. The standard InChI is InChI=1S/C18H27N3O2S/c1-11(2)16-13-9-15(24-18(13)21(3)20-16)17(23)19-14-8-6-4-5-7-12(14)10-22/h9,11-12,14,22H,4-8,10H2,1-3H3,(H,19,23)/t12-,14-/m0/s1. The summed E-state index contributed by atoms with van der Waals surface area (Å²) in [5, 5.41) is 18.5. The summed E-state index contributed by atoms with van der Waals surface area (Å²) < 4.78 is 1.87. The van der Waals surface area contributed by atoms with E-state index in [-0.39, 0.29) is 24.5 Å². The van der Waals surface area contributed by atoms with E-state index in [0.717, 1.165) is 46.5 Å². The molecule has 2 N–H and O–H groups in total. The van der Waals surface area contributed by atoms with E-state index in [1.165, 1.54) is 17.8 Å². The van der Waals surface area contributed by atoms with Gasteiger partial charge >= 0.3 is 0 Å². The number of aromatic nitrogens is 2. The first-order chi connectivity index (χ1) is 11.5. The third-order valence-corrected chi connectivity index (χ3v) is 6.22. The number of hydrogen-bond donors (Lipinski definition) is 2. The zero-order valence-corrected chi connectivity index (χ0v) is 15.5. The maximum absolute atomic E-state index is 12.7. The van der Waals surface area contributed by atoms with Crippen LogP contribution in [0.3, 0.4) is 0 Å². The van der Waals surface area contributed by atoms with Gasteiger partial charge in [-0.25, -0.2) is 0 Å². The van der Waals surface area contributed by atoms with Gasteiger partial charge in [-0.15, -0.1) is 11.3 Å². The molecule has 2 aromatic rings. The molecule has 2 atom stereocenters. The minimum atomic E-state index is -0.0174. The summed E-state index contributed by atoms with van der Waals surface area (Å²) in [4.78, 5) is 14.5. The van der Waals surface area contributed by atoms with Crippen LogP contribution in [-0.2, 0) is 7.05 Å². The highest BCUT2D eigenvalue weighted by atomic mass is 32.1. The van der Waals surface area contributed by atoms with Crippen LogP contribution >= 0.6 is 11.3 Å². The summed E-state index contributed by atoms with van der Waals surface area (Å²) in [6.45, 7) is 4.39. The predicted molar refractivity (Wildman–Crippen MR) is 97.6 cm³/mol. The Morgan fingerprint density at radius 3 is 2.88 bits per heavy atom. The summed E-state index contributed by atoms with van der Waals surface area (Å²) in [7, 11) is 1.93. The fourth-order valence-corrected chi connectivity index (χ4v) is 4.62. The van der Waals surface area contributed by atoms with Gasteiger partial charge in [-0.05, 0) is 24.8 Å². The molecule has 0 aliphatic heterocycles. The van der Waals surface area contributed by atoms with Crippen LogP contribution in [0.1, 0.15) is 67.2 Å². The Morgan fingerprint density at radius 1 is 1.42 bits per heavy atom. The molecule has 6 heteroatoms. The summed E-state index contributed by atoms with van der Waals surface area (Å²) in [5.41, 5.74) is 1.05. The van der Waals surface area contributed by atoms with Gasteiger partial charge in [0.05, 0.1) is 10.6 Å². The van der Waals surface area contributed by atoms with Gasteiger partial charge < -0.3 is 10.4 Å². The number of aliphatic hydroxyl groups excluding tert-OH is 1. The Kier molecular flexibility index (Phi) is 5.25. The molecule has 24 heavy (non-hydrogen) atoms. The Labute approximate surface area is 147 Å². The molecule has 0 radical (unpaired) electrons. The van der Waals surface area contributed by atoms with Gasteiger partial charge in [0.2, 0.25) is 0 Å². The number of rotatable bonds is 4. The second-order valence-corrected chi connectivity index (χ2v) is 8.18. The molecule has 2 heterocycles. The van der Waals surface area contributed by atoms with Gasteiger partial charge in [0.1, 0.15) is 4.83 Å². The van der Waals surface area contributed by atoms with E-state index < -0.39 is 0 Å². The third kappa shape index (κ3) is 3.35.